The molecule has 5 heteroatoms. The van der Waals surface area contributed by atoms with Crippen LogP contribution in [0.1, 0.15) is 23.5 Å². The molecule has 0 bridgehead atoms. The van der Waals surface area contributed by atoms with Gasteiger partial charge in [-0.3, -0.25) is 14.9 Å². The molecular weight excluding hydrogens is 280 g/mol. The van der Waals surface area contributed by atoms with E-state index in [1.54, 1.807) is 19.1 Å². The van der Waals surface area contributed by atoms with Crippen molar-refractivity contribution in [3.05, 3.63) is 69.8 Å². The summed E-state index contributed by atoms with van der Waals surface area (Å²) in [7, 11) is 0. The zero-order chi connectivity index (χ0) is 15.7. The van der Waals surface area contributed by atoms with Crippen molar-refractivity contribution < 1.29 is 9.72 Å². The van der Waals surface area contributed by atoms with Gasteiger partial charge in [-0.15, -0.1) is 0 Å². The van der Waals surface area contributed by atoms with Crippen molar-refractivity contribution >= 4 is 17.3 Å². The highest BCUT2D eigenvalue weighted by Gasteiger charge is 2.43. The maximum atomic E-state index is 12.2. The molecule has 0 unspecified atom stereocenters. The quantitative estimate of drug-likeness (QED) is 0.691. The first-order chi connectivity index (χ1) is 10.6. The fraction of sp³-hybridized carbons (Fsp3) is 0.235. The summed E-state index contributed by atoms with van der Waals surface area (Å²) < 4.78 is 0. The van der Waals surface area contributed by atoms with Crippen LogP contribution in [0.3, 0.4) is 0 Å². The number of carbonyl (C=O) groups is 1. The highest BCUT2D eigenvalue weighted by molar-refractivity contribution is 5.95. The Morgan fingerprint density at radius 1 is 1.23 bits per heavy atom. The zero-order valence-corrected chi connectivity index (χ0v) is 12.2. The first kappa shape index (κ1) is 14.3. The molecule has 1 amide bonds. The van der Waals surface area contributed by atoms with Crippen LogP contribution in [0.2, 0.25) is 0 Å². The van der Waals surface area contributed by atoms with E-state index < -0.39 is 4.92 Å². The summed E-state index contributed by atoms with van der Waals surface area (Å²) in [6.45, 7) is 1.68. The Balaban J connectivity index is 1.69. The molecule has 0 saturated heterocycles. The number of nitrogens with zero attached hydrogens (tertiary/aromatic N) is 1. The smallest absolute Gasteiger partial charge is 0.274 e. The van der Waals surface area contributed by atoms with Gasteiger partial charge in [-0.25, -0.2) is 0 Å². The molecule has 0 aromatic heterocycles. The van der Waals surface area contributed by atoms with E-state index in [2.05, 4.69) is 5.32 Å². The van der Waals surface area contributed by atoms with Crippen molar-refractivity contribution in [2.75, 3.05) is 5.32 Å². The van der Waals surface area contributed by atoms with Crippen LogP contribution in [0.5, 0.6) is 0 Å². The van der Waals surface area contributed by atoms with Crippen molar-refractivity contribution in [3.63, 3.8) is 0 Å². The van der Waals surface area contributed by atoms with E-state index in [0.717, 1.165) is 12.0 Å². The zero-order valence-electron chi connectivity index (χ0n) is 12.2. The van der Waals surface area contributed by atoms with Gasteiger partial charge in [0.25, 0.3) is 5.69 Å². The Hall–Kier alpha value is -2.69. The van der Waals surface area contributed by atoms with E-state index in [4.69, 9.17) is 0 Å². The number of carbonyl (C=O) groups excluding carboxylic acids is 1. The molecule has 5 nitrogen and oxygen atoms in total. The Kier molecular flexibility index (Phi) is 3.63. The van der Waals surface area contributed by atoms with Gasteiger partial charge in [-0.05, 0) is 30.9 Å². The van der Waals surface area contributed by atoms with E-state index in [1.165, 1.54) is 6.07 Å². The summed E-state index contributed by atoms with van der Waals surface area (Å²) in [6, 6.07) is 14.7. The largest absolute Gasteiger partial charge is 0.326 e. The van der Waals surface area contributed by atoms with Crippen LogP contribution in [-0.4, -0.2) is 10.8 Å². The number of aryl methyl sites for hydroxylation is 1. The third-order valence-corrected chi connectivity index (χ3v) is 4.03. The van der Waals surface area contributed by atoms with E-state index in [1.807, 2.05) is 30.3 Å². The SMILES string of the molecule is Cc1ccc(NC(=O)[C@@H]2C[C@H]2c2ccccc2)cc1[N+](=O)[O-]. The van der Waals surface area contributed by atoms with Gasteiger partial charge in [-0.2, -0.15) is 0 Å². The van der Waals surface area contributed by atoms with Gasteiger partial charge in [0.1, 0.15) is 0 Å². The second-order valence-electron chi connectivity index (χ2n) is 5.61. The fourth-order valence-electron chi connectivity index (χ4n) is 2.67. The average Bonchev–Trinajstić information content (AvgIpc) is 3.30. The number of rotatable bonds is 4. The Labute approximate surface area is 128 Å². The monoisotopic (exact) mass is 296 g/mol. The summed E-state index contributed by atoms with van der Waals surface area (Å²) in [5, 5.41) is 13.7. The minimum Gasteiger partial charge on any atom is -0.326 e. The second kappa shape index (κ2) is 5.60. The van der Waals surface area contributed by atoms with Crippen molar-refractivity contribution in [1.29, 1.82) is 0 Å². The van der Waals surface area contributed by atoms with E-state index in [-0.39, 0.29) is 23.4 Å². The lowest BCUT2D eigenvalue weighted by Crippen LogP contribution is -2.14. The molecule has 0 aliphatic heterocycles. The Bertz CT molecular complexity index is 728. The number of anilines is 1. The van der Waals surface area contributed by atoms with E-state index in [9.17, 15) is 14.9 Å². The summed E-state index contributed by atoms with van der Waals surface area (Å²) in [6.07, 6.45) is 0.823. The topological polar surface area (TPSA) is 72.2 Å². The Morgan fingerprint density at radius 3 is 2.64 bits per heavy atom. The lowest BCUT2D eigenvalue weighted by atomic mass is 10.1. The van der Waals surface area contributed by atoms with Crippen molar-refractivity contribution in [3.8, 4) is 0 Å². The molecule has 1 fully saturated rings. The van der Waals surface area contributed by atoms with Gasteiger partial charge in [0.05, 0.1) is 4.92 Å². The van der Waals surface area contributed by atoms with Crippen molar-refractivity contribution in [1.82, 2.24) is 0 Å². The number of amides is 1. The first-order valence-electron chi connectivity index (χ1n) is 7.17. The number of nitrogens with one attached hydrogen (secondary N) is 1. The standard InChI is InChI=1S/C17H16N2O3/c1-11-7-8-13(9-16(11)19(21)22)18-17(20)15-10-14(15)12-5-3-2-4-6-12/h2-9,14-15H,10H2,1H3,(H,18,20)/t14-,15+/m0/s1. The maximum absolute atomic E-state index is 12.2. The van der Waals surface area contributed by atoms with Crippen LogP contribution in [0.15, 0.2) is 48.5 Å². The Morgan fingerprint density at radius 2 is 1.95 bits per heavy atom. The van der Waals surface area contributed by atoms with Crippen LogP contribution < -0.4 is 5.32 Å². The molecule has 2 aromatic rings. The van der Waals surface area contributed by atoms with E-state index in [0.29, 0.717) is 11.3 Å². The van der Waals surface area contributed by atoms with Gasteiger partial charge in [-0.1, -0.05) is 36.4 Å². The molecule has 3 rings (SSSR count). The van der Waals surface area contributed by atoms with Gasteiger partial charge < -0.3 is 5.32 Å². The third-order valence-electron chi connectivity index (χ3n) is 4.03. The molecular formula is C17H16N2O3. The maximum Gasteiger partial charge on any atom is 0.274 e. The van der Waals surface area contributed by atoms with Gasteiger partial charge in [0.15, 0.2) is 0 Å². The van der Waals surface area contributed by atoms with Crippen LogP contribution in [0, 0.1) is 23.0 Å². The lowest BCUT2D eigenvalue weighted by molar-refractivity contribution is -0.385. The van der Waals surface area contributed by atoms with Crippen LogP contribution in [0.25, 0.3) is 0 Å². The van der Waals surface area contributed by atoms with Crippen LogP contribution in [-0.2, 0) is 4.79 Å². The van der Waals surface area contributed by atoms with Gasteiger partial charge >= 0.3 is 0 Å². The molecule has 1 aliphatic rings. The number of hydrogen-bond donors (Lipinski definition) is 1. The number of benzene rings is 2. The predicted octanol–water partition coefficient (Wildman–Crippen LogP) is 3.65. The molecule has 1 N–H and O–H groups in total. The number of hydrogen-bond acceptors (Lipinski definition) is 3. The van der Waals surface area contributed by atoms with Crippen molar-refractivity contribution in [2.24, 2.45) is 5.92 Å². The molecule has 1 aliphatic carbocycles. The molecule has 1 saturated carbocycles. The molecule has 0 spiro atoms. The summed E-state index contributed by atoms with van der Waals surface area (Å²) in [5.41, 5.74) is 2.24. The lowest BCUT2D eigenvalue weighted by Gasteiger charge is -2.06. The molecule has 112 valence electrons. The van der Waals surface area contributed by atoms with Crippen LogP contribution in [0.4, 0.5) is 11.4 Å². The van der Waals surface area contributed by atoms with Gasteiger partial charge in [0, 0.05) is 23.2 Å². The second-order valence-corrected chi connectivity index (χ2v) is 5.61. The molecule has 22 heavy (non-hydrogen) atoms. The highest BCUT2D eigenvalue weighted by Crippen LogP contribution is 2.47. The van der Waals surface area contributed by atoms with E-state index >= 15 is 0 Å². The minimum absolute atomic E-state index is 0.0215. The predicted molar refractivity (Wildman–Crippen MR) is 83.8 cm³/mol. The highest BCUT2D eigenvalue weighted by atomic mass is 16.6. The first-order valence-corrected chi connectivity index (χ1v) is 7.17. The average molecular weight is 296 g/mol. The molecule has 0 radical (unpaired) electrons. The molecule has 0 heterocycles. The number of nitro groups is 1. The fourth-order valence-corrected chi connectivity index (χ4v) is 2.67. The van der Waals surface area contributed by atoms with Crippen LogP contribution >= 0.6 is 0 Å². The van der Waals surface area contributed by atoms with Crippen molar-refractivity contribution in [2.45, 2.75) is 19.3 Å². The minimum atomic E-state index is -0.436. The summed E-state index contributed by atoms with van der Waals surface area (Å²) in [4.78, 5) is 22.7. The van der Waals surface area contributed by atoms with Gasteiger partial charge in [0.2, 0.25) is 5.91 Å². The molecule has 2 atom stereocenters. The number of nitro benzene ring substituents is 1. The third kappa shape index (κ3) is 2.83. The normalized spacial score (nSPS) is 19.5. The molecule has 2 aromatic carbocycles. The summed E-state index contributed by atoms with van der Waals surface area (Å²) >= 11 is 0. The summed E-state index contributed by atoms with van der Waals surface area (Å²) in [5.74, 6) is 0.122.